The number of halogens is 5. The summed E-state index contributed by atoms with van der Waals surface area (Å²) in [5, 5.41) is 10.3. The number of hydrogen-bond acceptors (Lipinski definition) is 3. The van der Waals surface area contributed by atoms with Crippen LogP contribution in [0.25, 0.3) is 22.4 Å². The van der Waals surface area contributed by atoms with E-state index in [1.165, 1.54) is 0 Å². The molecule has 5 rings (SSSR count). The lowest BCUT2D eigenvalue weighted by Gasteiger charge is -2.10. The molecule has 1 N–H and O–H groups in total. The van der Waals surface area contributed by atoms with Crippen molar-refractivity contribution in [3.63, 3.8) is 0 Å². The molecule has 0 unspecified atom stereocenters. The van der Waals surface area contributed by atoms with Crippen molar-refractivity contribution in [3.8, 4) is 28.1 Å². The zero-order valence-corrected chi connectivity index (χ0v) is 24.8. The van der Waals surface area contributed by atoms with Crippen molar-refractivity contribution < 1.29 is 27.8 Å². The van der Waals surface area contributed by atoms with E-state index in [1.54, 1.807) is 48.5 Å². The Morgan fingerprint density at radius 2 is 1.50 bits per heavy atom. The predicted octanol–water partition coefficient (Wildman–Crippen LogP) is 9.58. The monoisotopic (exact) mass is 638 g/mol. The SMILES string of the molecule is O=C(O)c1ccc(Cn2cc(-c3ccc(Cl)cc3Cl)nc2Cc2ccc(-c3ccc(OCCCC(F)(F)F)cc3)cc2)cc1. The summed E-state index contributed by atoms with van der Waals surface area (Å²) in [6, 6.07) is 27.3. The van der Waals surface area contributed by atoms with E-state index in [-0.39, 0.29) is 18.6 Å². The number of benzene rings is 4. The van der Waals surface area contributed by atoms with Crippen molar-refractivity contribution in [2.45, 2.75) is 32.0 Å². The average Bonchev–Trinajstić information content (AvgIpc) is 3.37. The number of carboxylic acid groups (broad SMARTS) is 1. The van der Waals surface area contributed by atoms with E-state index in [0.717, 1.165) is 33.6 Å². The summed E-state index contributed by atoms with van der Waals surface area (Å²) in [5.74, 6) is 0.341. The summed E-state index contributed by atoms with van der Waals surface area (Å²) in [7, 11) is 0. The van der Waals surface area contributed by atoms with Crippen molar-refractivity contribution in [1.29, 1.82) is 0 Å². The quantitative estimate of drug-likeness (QED) is 0.146. The van der Waals surface area contributed by atoms with E-state index in [9.17, 15) is 23.1 Å². The Morgan fingerprint density at radius 3 is 2.11 bits per heavy atom. The number of aromatic nitrogens is 2. The molecule has 0 saturated carbocycles. The third-order valence-corrected chi connectivity index (χ3v) is 7.55. The van der Waals surface area contributed by atoms with Gasteiger partial charge in [0.1, 0.15) is 11.6 Å². The molecule has 5 aromatic rings. The molecule has 0 saturated heterocycles. The number of carbonyl (C=O) groups is 1. The van der Waals surface area contributed by atoms with E-state index in [4.69, 9.17) is 32.9 Å². The van der Waals surface area contributed by atoms with Gasteiger partial charge in [0.05, 0.1) is 22.9 Å². The van der Waals surface area contributed by atoms with Gasteiger partial charge in [0.15, 0.2) is 0 Å². The maximum absolute atomic E-state index is 12.3. The highest BCUT2D eigenvalue weighted by molar-refractivity contribution is 6.36. The first-order valence-corrected chi connectivity index (χ1v) is 14.5. The molecule has 0 bridgehead atoms. The number of nitrogens with zero attached hydrogens (tertiary/aromatic N) is 2. The Bertz CT molecular complexity index is 1730. The van der Waals surface area contributed by atoms with Crippen LogP contribution in [0.5, 0.6) is 5.75 Å². The van der Waals surface area contributed by atoms with E-state index in [2.05, 4.69) is 0 Å². The van der Waals surface area contributed by atoms with Gasteiger partial charge in [-0.1, -0.05) is 71.7 Å². The molecule has 0 aliphatic heterocycles. The summed E-state index contributed by atoms with van der Waals surface area (Å²) >= 11 is 12.6. The second-order valence-electron chi connectivity index (χ2n) is 10.3. The zero-order chi connectivity index (χ0) is 31.3. The number of carboxylic acids is 1. The molecule has 0 aliphatic carbocycles. The van der Waals surface area contributed by atoms with Crippen molar-refractivity contribution in [2.24, 2.45) is 0 Å². The van der Waals surface area contributed by atoms with Crippen LogP contribution in [0.3, 0.4) is 0 Å². The lowest BCUT2D eigenvalue weighted by Crippen LogP contribution is -2.09. The van der Waals surface area contributed by atoms with Gasteiger partial charge < -0.3 is 14.4 Å². The van der Waals surface area contributed by atoms with Crippen LogP contribution in [-0.2, 0) is 13.0 Å². The molecule has 0 fully saturated rings. The molecule has 0 radical (unpaired) electrons. The largest absolute Gasteiger partial charge is 0.494 e. The number of alkyl halides is 3. The molecule has 0 amide bonds. The van der Waals surface area contributed by atoms with Gasteiger partial charge in [0, 0.05) is 36.2 Å². The molecule has 44 heavy (non-hydrogen) atoms. The van der Waals surface area contributed by atoms with Crippen LogP contribution in [0.15, 0.2) is 97.2 Å². The minimum Gasteiger partial charge on any atom is -0.494 e. The summed E-state index contributed by atoms with van der Waals surface area (Å²) < 4.78 is 44.5. The second-order valence-corrected chi connectivity index (χ2v) is 11.1. The smallest absolute Gasteiger partial charge is 0.389 e. The third kappa shape index (κ3) is 8.21. The summed E-state index contributed by atoms with van der Waals surface area (Å²) in [6.07, 6.45) is -2.68. The highest BCUT2D eigenvalue weighted by Crippen LogP contribution is 2.31. The molecule has 0 atom stereocenters. The molecular weight excluding hydrogens is 612 g/mol. The van der Waals surface area contributed by atoms with Gasteiger partial charge in [-0.05, 0) is 71.1 Å². The predicted molar refractivity (Wildman–Crippen MR) is 166 cm³/mol. The molecule has 5 nitrogen and oxygen atoms in total. The highest BCUT2D eigenvalue weighted by atomic mass is 35.5. The number of hydrogen-bond donors (Lipinski definition) is 1. The summed E-state index contributed by atoms with van der Waals surface area (Å²) in [4.78, 5) is 16.2. The van der Waals surface area contributed by atoms with Gasteiger partial charge in [-0.15, -0.1) is 0 Å². The second kappa shape index (κ2) is 13.6. The van der Waals surface area contributed by atoms with Gasteiger partial charge in [-0.2, -0.15) is 13.2 Å². The topological polar surface area (TPSA) is 64.3 Å². The van der Waals surface area contributed by atoms with Gasteiger partial charge in [0.2, 0.25) is 0 Å². The van der Waals surface area contributed by atoms with Gasteiger partial charge in [-0.25, -0.2) is 9.78 Å². The first kappa shape index (κ1) is 31.2. The van der Waals surface area contributed by atoms with E-state index in [0.29, 0.717) is 34.5 Å². The first-order chi connectivity index (χ1) is 21.0. The number of aromatic carboxylic acids is 1. The highest BCUT2D eigenvalue weighted by Gasteiger charge is 2.26. The fourth-order valence-electron chi connectivity index (χ4n) is 4.71. The van der Waals surface area contributed by atoms with Gasteiger partial charge >= 0.3 is 12.1 Å². The molecule has 0 aliphatic rings. The Kier molecular flexibility index (Phi) is 9.61. The Morgan fingerprint density at radius 1 is 0.864 bits per heavy atom. The van der Waals surface area contributed by atoms with E-state index in [1.807, 2.05) is 53.2 Å². The van der Waals surface area contributed by atoms with Crippen LogP contribution in [-0.4, -0.2) is 33.4 Å². The van der Waals surface area contributed by atoms with Gasteiger partial charge in [0.25, 0.3) is 0 Å². The lowest BCUT2D eigenvalue weighted by atomic mass is 10.0. The van der Waals surface area contributed by atoms with Crippen molar-refractivity contribution in [3.05, 3.63) is 130 Å². The molecule has 1 heterocycles. The standard InChI is InChI=1S/C34H27Cl2F3N2O3/c35-27-12-15-29(30(36)19-27)31-21-41(20-23-4-8-26(9-5-23)33(42)43)32(40-31)18-22-2-6-24(7-3-22)25-10-13-28(14-11-25)44-17-1-16-34(37,38)39/h2-15,19,21H,1,16-18,20H2,(H,42,43). The Hall–Kier alpha value is -4.27. The Balaban J connectivity index is 1.32. The van der Waals surface area contributed by atoms with Crippen molar-refractivity contribution in [1.82, 2.24) is 9.55 Å². The van der Waals surface area contributed by atoms with Gasteiger partial charge in [-0.3, -0.25) is 0 Å². The molecule has 4 aromatic carbocycles. The fraction of sp³-hybridized carbons (Fsp3) is 0.176. The maximum atomic E-state index is 12.3. The third-order valence-electron chi connectivity index (χ3n) is 7.00. The number of ether oxygens (including phenoxy) is 1. The summed E-state index contributed by atoms with van der Waals surface area (Å²) in [6.45, 7) is 0.485. The van der Waals surface area contributed by atoms with Crippen LogP contribution < -0.4 is 4.74 Å². The summed E-state index contributed by atoms with van der Waals surface area (Å²) in [5.41, 5.74) is 5.54. The minimum absolute atomic E-state index is 0.00287. The first-order valence-electron chi connectivity index (χ1n) is 13.8. The van der Waals surface area contributed by atoms with Crippen LogP contribution in [0.2, 0.25) is 10.0 Å². The zero-order valence-electron chi connectivity index (χ0n) is 23.3. The van der Waals surface area contributed by atoms with E-state index >= 15 is 0 Å². The van der Waals surface area contributed by atoms with Crippen LogP contribution in [0.4, 0.5) is 13.2 Å². The molecule has 1 aromatic heterocycles. The molecule has 0 spiro atoms. The van der Waals surface area contributed by atoms with Crippen LogP contribution in [0, 0.1) is 0 Å². The normalized spacial score (nSPS) is 11.5. The number of imidazole rings is 1. The maximum Gasteiger partial charge on any atom is 0.389 e. The molecule has 226 valence electrons. The van der Waals surface area contributed by atoms with Crippen molar-refractivity contribution in [2.75, 3.05) is 6.61 Å². The Labute approximate surface area is 262 Å². The van der Waals surface area contributed by atoms with E-state index < -0.39 is 18.6 Å². The average molecular weight is 640 g/mol. The number of rotatable bonds is 11. The van der Waals surface area contributed by atoms with Crippen LogP contribution >= 0.6 is 23.2 Å². The molecular formula is C34H27Cl2F3N2O3. The molecule has 10 heteroatoms. The lowest BCUT2D eigenvalue weighted by molar-refractivity contribution is -0.136. The fourth-order valence-corrected chi connectivity index (χ4v) is 5.22. The van der Waals surface area contributed by atoms with Crippen molar-refractivity contribution >= 4 is 29.2 Å². The van der Waals surface area contributed by atoms with Crippen LogP contribution in [0.1, 0.15) is 40.2 Å². The minimum atomic E-state index is -4.18.